The number of halogens is 1. The number of hydrogen-bond acceptors (Lipinski definition) is 3. The smallest absolute Gasteiger partial charge is 0.290 e. The predicted molar refractivity (Wildman–Crippen MR) is 118 cm³/mol. The lowest BCUT2D eigenvalue weighted by Crippen LogP contribution is -2.23. The van der Waals surface area contributed by atoms with Gasteiger partial charge in [0, 0.05) is 18.7 Å². The number of nitrogens with two attached hydrogens (primary N) is 1. The highest BCUT2D eigenvalue weighted by atomic mass is 32.1. The molecule has 0 saturated carbocycles. The molecule has 0 fully saturated rings. The minimum atomic E-state index is -0.328. The number of hydrogen-bond donors (Lipinski definition) is 1. The van der Waals surface area contributed by atoms with Crippen molar-refractivity contribution in [2.75, 3.05) is 26.8 Å². The summed E-state index contributed by atoms with van der Waals surface area (Å²) in [5.41, 5.74) is 11.3. The topological polar surface area (TPSA) is 50.9 Å². The molecule has 0 unspecified atom stereocenters. The maximum Gasteiger partial charge on any atom is 0.290 e. The van der Waals surface area contributed by atoms with Crippen LogP contribution in [0.25, 0.3) is 0 Å². The number of ether oxygens (including phenoxy) is 1. The zero-order valence-electron chi connectivity index (χ0n) is 17.0. The van der Waals surface area contributed by atoms with E-state index in [0.29, 0.717) is 18.1 Å². The van der Waals surface area contributed by atoms with Crippen LogP contribution in [-0.4, -0.2) is 42.7 Å². The Labute approximate surface area is 172 Å². The first-order valence-corrected chi connectivity index (χ1v) is 9.68. The molecule has 6 heteroatoms. The normalized spacial score (nSPS) is 11.7. The Morgan fingerprint density at radius 2 is 1.79 bits per heavy atom. The van der Waals surface area contributed by atoms with Crippen molar-refractivity contribution in [1.82, 2.24) is 4.90 Å². The van der Waals surface area contributed by atoms with E-state index in [1.165, 1.54) is 5.56 Å². The van der Waals surface area contributed by atoms with Crippen molar-refractivity contribution in [2.45, 2.75) is 27.2 Å². The molecule has 0 bridgehead atoms. The first-order chi connectivity index (χ1) is 13.3. The summed E-state index contributed by atoms with van der Waals surface area (Å²) < 4.78 is 18.2. The number of benzene rings is 2. The summed E-state index contributed by atoms with van der Waals surface area (Å²) in [6.45, 7) is 6.95. The molecule has 0 atom stereocenters. The van der Waals surface area contributed by atoms with E-state index in [1.807, 2.05) is 63.1 Å². The second-order valence-corrected chi connectivity index (χ2v) is 7.37. The molecule has 0 aliphatic heterocycles. The van der Waals surface area contributed by atoms with Crippen LogP contribution in [0.5, 0.6) is 5.75 Å². The minimum absolute atomic E-state index is 0.0796. The maximum atomic E-state index is 12.4. The van der Waals surface area contributed by atoms with E-state index in [9.17, 15) is 4.39 Å². The number of nitrogens with zero attached hydrogens (tertiary/aromatic N) is 2. The summed E-state index contributed by atoms with van der Waals surface area (Å²) in [5, 5.41) is 0.0796. The van der Waals surface area contributed by atoms with Crippen LogP contribution in [0, 0.1) is 20.8 Å². The fourth-order valence-electron chi connectivity index (χ4n) is 2.80. The number of amidine groups is 1. The molecule has 0 aliphatic rings. The molecule has 0 spiro atoms. The van der Waals surface area contributed by atoms with Gasteiger partial charge in [-0.25, -0.2) is 4.39 Å². The van der Waals surface area contributed by atoms with Crippen molar-refractivity contribution in [3.05, 3.63) is 64.2 Å². The molecule has 0 aliphatic carbocycles. The summed E-state index contributed by atoms with van der Waals surface area (Å²) in [6, 6.07) is 11.8. The fourth-order valence-corrected chi connectivity index (χ4v) is 2.99. The molecule has 0 radical (unpaired) electrons. The third kappa shape index (κ3) is 6.39. The summed E-state index contributed by atoms with van der Waals surface area (Å²) in [6.07, 6.45) is 0.854. The molecule has 0 saturated heterocycles. The standard InChI is InChI=1S/C22H28FN3OS/c1-15-5-7-18(8-6-15)21(24)25-22(28)27-20-14-16(2)19(13-17(20)3)9-11-26(4)12-10-23/h5-8,13-14H,9-12H2,1-4H3,(H2,24,25,28). The molecule has 0 aromatic heterocycles. The monoisotopic (exact) mass is 401 g/mol. The van der Waals surface area contributed by atoms with Gasteiger partial charge in [0.15, 0.2) is 0 Å². The lowest BCUT2D eigenvalue weighted by molar-refractivity contribution is 0.298. The number of likely N-dealkylation sites (N-methyl/N-ethyl adjacent to an activating group) is 1. The molecule has 28 heavy (non-hydrogen) atoms. The van der Waals surface area contributed by atoms with Crippen LogP contribution in [0.4, 0.5) is 4.39 Å². The van der Waals surface area contributed by atoms with Crippen molar-refractivity contribution in [2.24, 2.45) is 10.7 Å². The zero-order valence-corrected chi connectivity index (χ0v) is 17.8. The fraction of sp³-hybridized carbons (Fsp3) is 0.364. The van der Waals surface area contributed by atoms with Gasteiger partial charge in [-0.15, -0.1) is 0 Å². The van der Waals surface area contributed by atoms with Gasteiger partial charge in [0.25, 0.3) is 5.17 Å². The Balaban J connectivity index is 2.07. The molecule has 0 amide bonds. The molecule has 0 heterocycles. The van der Waals surface area contributed by atoms with Crippen molar-refractivity contribution >= 4 is 23.2 Å². The number of aliphatic imine (C=N–C) groups is 1. The van der Waals surface area contributed by atoms with Crippen LogP contribution in [0.1, 0.15) is 27.8 Å². The van der Waals surface area contributed by atoms with Gasteiger partial charge in [-0.05, 0) is 69.2 Å². The molecule has 2 aromatic rings. The molecule has 2 rings (SSSR count). The van der Waals surface area contributed by atoms with E-state index in [-0.39, 0.29) is 11.8 Å². The SMILES string of the molecule is Cc1ccc(C(N)=NC(=S)Oc2cc(C)c(CCN(C)CCF)cc2C)cc1. The van der Waals surface area contributed by atoms with Crippen LogP contribution in [0.2, 0.25) is 0 Å². The average Bonchev–Trinajstić information content (AvgIpc) is 2.64. The van der Waals surface area contributed by atoms with Crippen LogP contribution in [-0.2, 0) is 6.42 Å². The third-order valence-corrected chi connectivity index (χ3v) is 4.79. The van der Waals surface area contributed by atoms with Crippen molar-refractivity contribution < 1.29 is 9.13 Å². The Morgan fingerprint density at radius 1 is 1.11 bits per heavy atom. The quantitative estimate of drug-likeness (QED) is 0.431. The van der Waals surface area contributed by atoms with E-state index in [4.69, 9.17) is 22.7 Å². The molecule has 4 nitrogen and oxygen atoms in total. The molecule has 2 aromatic carbocycles. The van der Waals surface area contributed by atoms with E-state index in [2.05, 4.69) is 11.1 Å². The summed E-state index contributed by atoms with van der Waals surface area (Å²) in [4.78, 5) is 6.19. The van der Waals surface area contributed by atoms with Crippen LogP contribution >= 0.6 is 12.2 Å². The van der Waals surface area contributed by atoms with E-state index in [0.717, 1.165) is 35.2 Å². The van der Waals surface area contributed by atoms with Crippen molar-refractivity contribution in [3.8, 4) is 5.75 Å². The Kier molecular flexibility index (Phi) is 8.08. The Hall–Kier alpha value is -2.31. The van der Waals surface area contributed by atoms with Gasteiger partial charge < -0.3 is 15.4 Å². The molecule has 150 valence electrons. The maximum absolute atomic E-state index is 12.4. The van der Waals surface area contributed by atoms with Gasteiger partial charge in [-0.1, -0.05) is 35.9 Å². The van der Waals surface area contributed by atoms with Crippen molar-refractivity contribution in [1.29, 1.82) is 0 Å². The highest BCUT2D eigenvalue weighted by Crippen LogP contribution is 2.24. The highest BCUT2D eigenvalue weighted by Gasteiger charge is 2.10. The number of thiocarbonyl (C=S) groups is 1. The number of alkyl halides is 1. The second kappa shape index (κ2) is 10.3. The number of rotatable bonds is 7. The van der Waals surface area contributed by atoms with Crippen LogP contribution in [0.15, 0.2) is 41.4 Å². The molecular formula is C22H28FN3OS. The molecule has 2 N–H and O–H groups in total. The Morgan fingerprint density at radius 3 is 2.43 bits per heavy atom. The van der Waals surface area contributed by atoms with Crippen LogP contribution in [0.3, 0.4) is 0 Å². The minimum Gasteiger partial charge on any atom is -0.430 e. The highest BCUT2D eigenvalue weighted by molar-refractivity contribution is 7.80. The van der Waals surface area contributed by atoms with Gasteiger partial charge >= 0.3 is 0 Å². The lowest BCUT2D eigenvalue weighted by Gasteiger charge is -2.17. The van der Waals surface area contributed by atoms with Gasteiger partial charge in [0.2, 0.25) is 0 Å². The second-order valence-electron chi connectivity index (χ2n) is 7.02. The van der Waals surface area contributed by atoms with Crippen LogP contribution < -0.4 is 10.5 Å². The van der Waals surface area contributed by atoms with Gasteiger partial charge in [-0.2, -0.15) is 4.99 Å². The third-order valence-electron chi connectivity index (χ3n) is 4.62. The van der Waals surface area contributed by atoms with Gasteiger partial charge in [0.1, 0.15) is 18.3 Å². The largest absolute Gasteiger partial charge is 0.430 e. The lowest BCUT2D eigenvalue weighted by atomic mass is 10.0. The van der Waals surface area contributed by atoms with Gasteiger partial charge in [0.05, 0.1) is 0 Å². The predicted octanol–water partition coefficient (Wildman–Crippen LogP) is 4.12. The summed E-state index contributed by atoms with van der Waals surface area (Å²) >= 11 is 5.26. The first-order valence-electron chi connectivity index (χ1n) is 9.27. The summed E-state index contributed by atoms with van der Waals surface area (Å²) in [7, 11) is 1.92. The zero-order chi connectivity index (χ0) is 20.7. The number of aryl methyl sites for hydroxylation is 3. The van der Waals surface area contributed by atoms with Crippen molar-refractivity contribution in [3.63, 3.8) is 0 Å². The molecular weight excluding hydrogens is 373 g/mol. The van der Waals surface area contributed by atoms with E-state index in [1.54, 1.807) is 0 Å². The summed E-state index contributed by atoms with van der Waals surface area (Å²) in [5.74, 6) is 0.996. The van der Waals surface area contributed by atoms with Gasteiger partial charge in [-0.3, -0.25) is 0 Å². The van der Waals surface area contributed by atoms with E-state index < -0.39 is 0 Å². The Bertz CT molecular complexity index is 850. The average molecular weight is 402 g/mol. The van der Waals surface area contributed by atoms with E-state index >= 15 is 0 Å². The first kappa shape index (κ1) is 22.0.